The van der Waals surface area contributed by atoms with Gasteiger partial charge in [0.1, 0.15) is 6.61 Å². The first-order valence-electron chi connectivity index (χ1n) is 8.24. The molecule has 1 aromatic rings. The summed E-state index contributed by atoms with van der Waals surface area (Å²) in [5, 5.41) is 12.0. The fraction of sp³-hybridized carbons (Fsp3) is 0.556. The smallest absolute Gasteiger partial charge is 0.312 e. The molecule has 5 heteroatoms. The lowest BCUT2D eigenvalue weighted by molar-refractivity contribution is -0.139. The standard InChI is InChI=1S/C18H25NO4/c1-13-7-5-6-10-16(13)23-12-17(20)19-11-15(18(21)22)14-8-3-2-4-9-14/h2-4,8-9,13,15-16H,5-7,10-12H2,1H3,(H,19,20)(H,21,22). The molecule has 1 amide bonds. The van der Waals surface area contributed by atoms with Crippen LogP contribution in [0.3, 0.4) is 0 Å². The van der Waals surface area contributed by atoms with Crippen molar-refractivity contribution in [2.45, 2.75) is 44.6 Å². The predicted octanol–water partition coefficient (Wildman–Crippen LogP) is 2.57. The van der Waals surface area contributed by atoms with E-state index < -0.39 is 11.9 Å². The van der Waals surface area contributed by atoms with Crippen molar-refractivity contribution in [3.05, 3.63) is 35.9 Å². The molecule has 0 bridgehead atoms. The third kappa shape index (κ3) is 5.36. The number of hydrogen-bond acceptors (Lipinski definition) is 3. The van der Waals surface area contributed by atoms with Gasteiger partial charge in [-0.2, -0.15) is 0 Å². The largest absolute Gasteiger partial charge is 0.481 e. The van der Waals surface area contributed by atoms with E-state index in [9.17, 15) is 14.7 Å². The van der Waals surface area contributed by atoms with Gasteiger partial charge >= 0.3 is 5.97 Å². The Morgan fingerprint density at radius 2 is 1.96 bits per heavy atom. The van der Waals surface area contributed by atoms with Crippen LogP contribution >= 0.6 is 0 Å². The molecule has 3 atom stereocenters. The van der Waals surface area contributed by atoms with Crippen LogP contribution in [-0.2, 0) is 14.3 Å². The summed E-state index contributed by atoms with van der Waals surface area (Å²) in [6, 6.07) is 8.93. The maximum Gasteiger partial charge on any atom is 0.312 e. The SMILES string of the molecule is CC1CCCCC1OCC(=O)NCC(C(=O)O)c1ccccc1. The zero-order valence-electron chi connectivity index (χ0n) is 13.5. The van der Waals surface area contributed by atoms with Gasteiger partial charge in [0, 0.05) is 6.54 Å². The third-order valence-corrected chi connectivity index (χ3v) is 4.46. The van der Waals surface area contributed by atoms with Crippen molar-refractivity contribution < 1.29 is 19.4 Å². The number of carboxylic acids is 1. The van der Waals surface area contributed by atoms with E-state index in [1.54, 1.807) is 24.3 Å². The van der Waals surface area contributed by atoms with Crippen molar-refractivity contribution in [3.63, 3.8) is 0 Å². The van der Waals surface area contributed by atoms with Crippen molar-refractivity contribution in [1.29, 1.82) is 0 Å². The summed E-state index contributed by atoms with van der Waals surface area (Å²) in [6.07, 6.45) is 4.65. The van der Waals surface area contributed by atoms with Crippen LogP contribution in [0.4, 0.5) is 0 Å². The van der Waals surface area contributed by atoms with Gasteiger partial charge in [-0.05, 0) is 24.3 Å². The molecule has 1 saturated carbocycles. The van der Waals surface area contributed by atoms with Gasteiger partial charge in [-0.25, -0.2) is 0 Å². The minimum Gasteiger partial charge on any atom is -0.481 e. The third-order valence-electron chi connectivity index (χ3n) is 4.46. The molecule has 5 nitrogen and oxygen atoms in total. The average Bonchev–Trinajstić information content (AvgIpc) is 2.55. The van der Waals surface area contributed by atoms with E-state index in [1.165, 1.54) is 6.42 Å². The Morgan fingerprint density at radius 1 is 1.26 bits per heavy atom. The summed E-state index contributed by atoms with van der Waals surface area (Å²) in [6.45, 7) is 2.22. The first-order valence-corrected chi connectivity index (χ1v) is 8.24. The van der Waals surface area contributed by atoms with E-state index in [2.05, 4.69) is 12.2 Å². The van der Waals surface area contributed by atoms with Crippen LogP contribution in [0.2, 0.25) is 0 Å². The molecule has 1 aromatic carbocycles. The number of rotatable bonds is 7. The van der Waals surface area contributed by atoms with Crippen LogP contribution < -0.4 is 5.32 Å². The number of carboxylic acid groups (broad SMARTS) is 1. The average molecular weight is 319 g/mol. The summed E-state index contributed by atoms with van der Waals surface area (Å²) in [4.78, 5) is 23.3. The first kappa shape index (κ1) is 17.5. The van der Waals surface area contributed by atoms with Gasteiger partial charge in [0.15, 0.2) is 0 Å². The zero-order valence-corrected chi connectivity index (χ0v) is 13.5. The Bertz CT molecular complexity index is 517. The Morgan fingerprint density at radius 3 is 2.61 bits per heavy atom. The highest BCUT2D eigenvalue weighted by atomic mass is 16.5. The Kier molecular flexibility index (Phi) is 6.59. The van der Waals surface area contributed by atoms with E-state index in [1.807, 2.05) is 6.07 Å². The van der Waals surface area contributed by atoms with Crippen LogP contribution in [0, 0.1) is 5.92 Å². The van der Waals surface area contributed by atoms with Crippen molar-refractivity contribution >= 4 is 11.9 Å². The fourth-order valence-corrected chi connectivity index (χ4v) is 3.01. The van der Waals surface area contributed by atoms with Crippen molar-refractivity contribution in [2.24, 2.45) is 5.92 Å². The lowest BCUT2D eigenvalue weighted by Gasteiger charge is -2.28. The van der Waals surface area contributed by atoms with Crippen LogP contribution in [0.5, 0.6) is 0 Å². The number of amides is 1. The van der Waals surface area contributed by atoms with Crippen LogP contribution in [0.15, 0.2) is 30.3 Å². The molecule has 0 saturated heterocycles. The van der Waals surface area contributed by atoms with E-state index in [0.717, 1.165) is 19.3 Å². The first-order chi connectivity index (χ1) is 11.1. The molecule has 2 N–H and O–H groups in total. The van der Waals surface area contributed by atoms with Crippen molar-refractivity contribution in [2.75, 3.05) is 13.2 Å². The highest BCUT2D eigenvalue weighted by molar-refractivity contribution is 5.80. The second-order valence-electron chi connectivity index (χ2n) is 6.22. The normalized spacial score (nSPS) is 22.3. The number of hydrogen-bond donors (Lipinski definition) is 2. The van der Waals surface area contributed by atoms with E-state index in [0.29, 0.717) is 11.5 Å². The van der Waals surface area contributed by atoms with Gasteiger partial charge < -0.3 is 15.2 Å². The molecule has 3 unspecified atom stereocenters. The summed E-state index contributed by atoms with van der Waals surface area (Å²) < 4.78 is 5.70. The Hall–Kier alpha value is -1.88. The van der Waals surface area contributed by atoms with Gasteiger partial charge in [0.25, 0.3) is 0 Å². The summed E-state index contributed by atoms with van der Waals surface area (Å²) in [7, 11) is 0. The van der Waals surface area contributed by atoms with Crippen LogP contribution in [-0.4, -0.2) is 36.2 Å². The number of aliphatic carboxylic acids is 1. The number of carbonyl (C=O) groups excluding carboxylic acids is 1. The lowest BCUT2D eigenvalue weighted by Crippen LogP contribution is -2.36. The monoisotopic (exact) mass is 319 g/mol. The second kappa shape index (κ2) is 8.67. The topological polar surface area (TPSA) is 75.6 Å². The maximum atomic E-state index is 11.9. The summed E-state index contributed by atoms with van der Waals surface area (Å²) in [5.74, 6) is -1.47. The highest BCUT2D eigenvalue weighted by Gasteiger charge is 2.23. The zero-order chi connectivity index (χ0) is 16.7. The second-order valence-corrected chi connectivity index (χ2v) is 6.22. The summed E-state index contributed by atoms with van der Waals surface area (Å²) >= 11 is 0. The molecule has 0 heterocycles. The minimum absolute atomic E-state index is 0.00383. The van der Waals surface area contributed by atoms with Crippen LogP contribution in [0.25, 0.3) is 0 Å². The van der Waals surface area contributed by atoms with Crippen LogP contribution in [0.1, 0.15) is 44.1 Å². The lowest BCUT2D eigenvalue weighted by atomic mass is 9.88. The van der Waals surface area contributed by atoms with Gasteiger partial charge in [-0.1, -0.05) is 50.1 Å². The molecule has 1 aliphatic carbocycles. The summed E-state index contributed by atoms with van der Waals surface area (Å²) in [5.41, 5.74) is 0.683. The number of carbonyl (C=O) groups is 2. The molecule has 0 aromatic heterocycles. The molecule has 1 aliphatic rings. The highest BCUT2D eigenvalue weighted by Crippen LogP contribution is 2.26. The molecule has 0 radical (unpaired) electrons. The van der Waals surface area contributed by atoms with Gasteiger partial charge in [0.05, 0.1) is 12.0 Å². The molecule has 2 rings (SSSR count). The fourth-order valence-electron chi connectivity index (χ4n) is 3.01. The molecule has 1 fully saturated rings. The number of nitrogens with one attached hydrogen (secondary N) is 1. The maximum absolute atomic E-state index is 11.9. The van der Waals surface area contributed by atoms with E-state index >= 15 is 0 Å². The number of ether oxygens (including phenoxy) is 1. The van der Waals surface area contributed by atoms with E-state index in [-0.39, 0.29) is 25.2 Å². The van der Waals surface area contributed by atoms with Gasteiger partial charge in [0.2, 0.25) is 5.91 Å². The molecular weight excluding hydrogens is 294 g/mol. The van der Waals surface area contributed by atoms with Gasteiger partial charge in [-0.15, -0.1) is 0 Å². The predicted molar refractivity (Wildman–Crippen MR) is 87.2 cm³/mol. The Labute approximate surface area is 137 Å². The molecule has 0 aliphatic heterocycles. The molecule has 0 spiro atoms. The number of benzene rings is 1. The molecular formula is C18H25NO4. The minimum atomic E-state index is -0.946. The van der Waals surface area contributed by atoms with E-state index in [4.69, 9.17) is 4.74 Å². The molecule has 23 heavy (non-hydrogen) atoms. The quantitative estimate of drug-likeness (QED) is 0.810. The molecule has 126 valence electrons. The Balaban J connectivity index is 1.79. The van der Waals surface area contributed by atoms with Crippen molar-refractivity contribution in [1.82, 2.24) is 5.32 Å². The van der Waals surface area contributed by atoms with Crippen molar-refractivity contribution in [3.8, 4) is 0 Å². The van der Waals surface area contributed by atoms with Gasteiger partial charge in [-0.3, -0.25) is 9.59 Å².